The number of hydrogen-bond acceptors (Lipinski definition) is 8. The van der Waals surface area contributed by atoms with Crippen LogP contribution in [0.15, 0.2) is 23.0 Å². The van der Waals surface area contributed by atoms with E-state index in [1.165, 1.54) is 6.33 Å². The van der Waals surface area contributed by atoms with E-state index in [1.807, 2.05) is 6.07 Å². The minimum Gasteiger partial charge on any atom is -0.491 e. The van der Waals surface area contributed by atoms with Gasteiger partial charge in [0.05, 0.1) is 29.8 Å². The quantitative estimate of drug-likeness (QED) is 0.563. The summed E-state index contributed by atoms with van der Waals surface area (Å²) in [6.45, 7) is 5.93. The third-order valence-corrected chi connectivity index (χ3v) is 6.21. The third kappa shape index (κ3) is 3.77. The number of nitrogens with zero attached hydrogens (tertiary/aromatic N) is 4. The van der Waals surface area contributed by atoms with E-state index in [2.05, 4.69) is 27.2 Å². The Labute approximate surface area is 186 Å². The predicted molar refractivity (Wildman–Crippen MR) is 118 cm³/mol. The fourth-order valence-corrected chi connectivity index (χ4v) is 4.12. The van der Waals surface area contributed by atoms with E-state index in [0.717, 1.165) is 29.8 Å². The topological polar surface area (TPSA) is 103 Å². The van der Waals surface area contributed by atoms with E-state index in [1.54, 1.807) is 25.1 Å². The van der Waals surface area contributed by atoms with Crippen molar-refractivity contribution in [2.24, 2.45) is 0 Å². The van der Waals surface area contributed by atoms with E-state index in [9.17, 15) is 4.79 Å². The number of furan rings is 1. The number of methoxy groups -OCH3 is 1. The maximum Gasteiger partial charge on any atom is 0.258 e. The van der Waals surface area contributed by atoms with Crippen LogP contribution in [0.1, 0.15) is 47.1 Å². The van der Waals surface area contributed by atoms with Gasteiger partial charge in [0.15, 0.2) is 0 Å². The van der Waals surface area contributed by atoms with E-state index >= 15 is 0 Å². The summed E-state index contributed by atoms with van der Waals surface area (Å²) in [4.78, 5) is 28.6. The van der Waals surface area contributed by atoms with Gasteiger partial charge in [-0.15, -0.1) is 0 Å². The number of rotatable bonds is 7. The fraction of sp³-hybridized carbons (Fsp3) is 0.478. The molecule has 1 fully saturated rings. The second-order valence-electron chi connectivity index (χ2n) is 8.67. The Hall–Kier alpha value is -3.20. The maximum absolute atomic E-state index is 13.6. The van der Waals surface area contributed by atoms with Crippen LogP contribution in [-0.2, 0) is 17.7 Å². The van der Waals surface area contributed by atoms with Crippen LogP contribution in [0.5, 0.6) is 5.75 Å². The van der Waals surface area contributed by atoms with Gasteiger partial charge in [-0.25, -0.2) is 9.97 Å². The number of anilines is 1. The third-order valence-electron chi connectivity index (χ3n) is 6.21. The Morgan fingerprint density at radius 2 is 2.12 bits per heavy atom. The largest absolute Gasteiger partial charge is 0.491 e. The van der Waals surface area contributed by atoms with Gasteiger partial charge in [-0.2, -0.15) is 0 Å². The van der Waals surface area contributed by atoms with Gasteiger partial charge < -0.3 is 24.1 Å². The lowest BCUT2D eigenvalue weighted by Crippen LogP contribution is -2.37. The molecule has 4 heterocycles. The van der Waals surface area contributed by atoms with Crippen LogP contribution >= 0.6 is 0 Å². The summed E-state index contributed by atoms with van der Waals surface area (Å²) < 4.78 is 16.8. The van der Waals surface area contributed by atoms with E-state index in [4.69, 9.17) is 13.9 Å². The van der Waals surface area contributed by atoms with E-state index < -0.39 is 0 Å². The molecule has 0 unspecified atom stereocenters. The van der Waals surface area contributed by atoms with Crippen LogP contribution < -0.4 is 10.1 Å². The number of carbonyl (C=O) groups is 1. The van der Waals surface area contributed by atoms with E-state index in [-0.39, 0.29) is 11.4 Å². The zero-order valence-corrected chi connectivity index (χ0v) is 18.6. The Morgan fingerprint density at radius 3 is 2.91 bits per heavy atom. The van der Waals surface area contributed by atoms with Crippen molar-refractivity contribution >= 4 is 22.8 Å². The summed E-state index contributed by atoms with van der Waals surface area (Å²) in [5.41, 5.74) is 2.86. The molecule has 1 aliphatic heterocycles. The highest BCUT2D eigenvalue weighted by Gasteiger charge is 2.39. The number of aromatic nitrogens is 3. The molecule has 0 atom stereocenters. The number of amides is 1. The van der Waals surface area contributed by atoms with Crippen molar-refractivity contribution in [2.75, 3.05) is 32.2 Å². The highest BCUT2D eigenvalue weighted by molar-refractivity contribution is 6.10. The predicted octanol–water partition coefficient (Wildman–Crippen LogP) is 3.11. The van der Waals surface area contributed by atoms with Crippen LogP contribution in [-0.4, -0.2) is 58.2 Å². The Morgan fingerprint density at radius 1 is 1.28 bits per heavy atom. The first-order valence-electron chi connectivity index (χ1n) is 10.9. The summed E-state index contributed by atoms with van der Waals surface area (Å²) in [6.07, 6.45) is 6.01. The minimum atomic E-state index is -0.0989. The highest BCUT2D eigenvalue weighted by Crippen LogP contribution is 2.40. The molecule has 1 aliphatic carbocycles. The summed E-state index contributed by atoms with van der Waals surface area (Å²) in [5, 5.41) is 4.12. The van der Waals surface area contributed by atoms with Gasteiger partial charge in [0, 0.05) is 31.0 Å². The van der Waals surface area contributed by atoms with Gasteiger partial charge in [0.1, 0.15) is 30.3 Å². The van der Waals surface area contributed by atoms with Gasteiger partial charge in [-0.05, 0) is 39.2 Å². The average Bonchev–Trinajstić information content (AvgIpc) is 3.41. The van der Waals surface area contributed by atoms with Crippen molar-refractivity contribution in [1.82, 2.24) is 19.9 Å². The zero-order chi connectivity index (χ0) is 22.3. The summed E-state index contributed by atoms with van der Waals surface area (Å²) in [6, 6.07) is 1.87. The Balaban J connectivity index is 1.43. The van der Waals surface area contributed by atoms with Crippen molar-refractivity contribution in [1.29, 1.82) is 0 Å². The first-order valence-corrected chi connectivity index (χ1v) is 10.9. The smallest absolute Gasteiger partial charge is 0.258 e. The molecule has 1 N–H and O–H groups in total. The molecular weight excluding hydrogens is 410 g/mol. The molecule has 1 amide bonds. The lowest BCUT2D eigenvalue weighted by atomic mass is 10.0. The molecule has 0 bridgehead atoms. The summed E-state index contributed by atoms with van der Waals surface area (Å²) in [7, 11) is 1.65. The van der Waals surface area contributed by atoms with Crippen LogP contribution in [0.3, 0.4) is 0 Å². The van der Waals surface area contributed by atoms with Gasteiger partial charge in [-0.3, -0.25) is 9.78 Å². The Bertz CT molecular complexity index is 1170. The number of pyridine rings is 1. The molecule has 1 saturated carbocycles. The van der Waals surface area contributed by atoms with Crippen molar-refractivity contribution in [2.45, 2.75) is 45.2 Å². The van der Waals surface area contributed by atoms with Gasteiger partial charge >= 0.3 is 0 Å². The minimum absolute atomic E-state index is 0.0139. The van der Waals surface area contributed by atoms with Crippen LogP contribution in [0.2, 0.25) is 0 Å². The maximum atomic E-state index is 13.6. The molecule has 0 radical (unpaired) electrons. The summed E-state index contributed by atoms with van der Waals surface area (Å²) in [5.74, 6) is 1.91. The number of hydrogen-bond donors (Lipinski definition) is 1. The molecule has 9 heteroatoms. The molecule has 3 aromatic heterocycles. The SMILES string of the molecule is COCCOc1ccnc2c1CCN(C(=O)c1c(C)oc3ncnc(NC4(C)CC4)c13)C2. The number of ether oxygens (including phenoxy) is 2. The van der Waals surface area contributed by atoms with Crippen molar-refractivity contribution in [3.05, 3.63) is 41.2 Å². The van der Waals surface area contributed by atoms with Gasteiger partial charge in [0.25, 0.3) is 5.91 Å². The molecule has 2 aliphatic rings. The number of aryl methyl sites for hydroxylation is 1. The zero-order valence-electron chi connectivity index (χ0n) is 18.6. The second-order valence-corrected chi connectivity index (χ2v) is 8.67. The standard InChI is InChI=1S/C23H27N5O4/c1-14-18(19-20(27-23(2)6-7-23)25-13-26-21(19)32-14)22(29)28-9-5-15-16(12-28)24-8-4-17(15)31-11-10-30-3/h4,8,13H,5-7,9-12H2,1-3H3,(H,25,26,27). The number of nitrogens with one attached hydrogen (secondary N) is 1. The summed E-state index contributed by atoms with van der Waals surface area (Å²) >= 11 is 0. The molecular formula is C23H27N5O4. The molecule has 168 valence electrons. The van der Waals surface area contributed by atoms with E-state index in [0.29, 0.717) is 61.0 Å². The molecule has 9 nitrogen and oxygen atoms in total. The highest BCUT2D eigenvalue weighted by atomic mass is 16.5. The lowest BCUT2D eigenvalue weighted by Gasteiger charge is -2.29. The van der Waals surface area contributed by atoms with Gasteiger partial charge in [-0.1, -0.05) is 0 Å². The van der Waals surface area contributed by atoms with Crippen LogP contribution in [0.4, 0.5) is 5.82 Å². The molecule has 0 spiro atoms. The molecule has 3 aromatic rings. The molecule has 0 aromatic carbocycles. The van der Waals surface area contributed by atoms with Crippen LogP contribution in [0, 0.1) is 6.92 Å². The van der Waals surface area contributed by atoms with Crippen molar-refractivity contribution in [3.8, 4) is 5.75 Å². The average molecular weight is 438 g/mol. The normalized spacial score (nSPS) is 16.7. The number of fused-ring (bicyclic) bond motifs is 2. The van der Waals surface area contributed by atoms with Gasteiger partial charge in [0.2, 0.25) is 5.71 Å². The van der Waals surface area contributed by atoms with Crippen molar-refractivity contribution in [3.63, 3.8) is 0 Å². The monoisotopic (exact) mass is 437 g/mol. The first kappa shape index (κ1) is 20.7. The van der Waals surface area contributed by atoms with Crippen molar-refractivity contribution < 1.29 is 18.7 Å². The fourth-order valence-electron chi connectivity index (χ4n) is 4.12. The Kier molecular flexibility index (Phi) is 5.21. The molecule has 0 saturated heterocycles. The molecule has 32 heavy (non-hydrogen) atoms. The first-order chi connectivity index (χ1) is 15.5. The van der Waals surface area contributed by atoms with Crippen LogP contribution in [0.25, 0.3) is 11.1 Å². The lowest BCUT2D eigenvalue weighted by molar-refractivity contribution is 0.0730. The second kappa shape index (κ2) is 8.05. The molecule has 5 rings (SSSR count). The number of carbonyl (C=O) groups excluding carboxylic acids is 1.